The van der Waals surface area contributed by atoms with Crippen LogP contribution in [0.4, 0.5) is 14.6 Å². The van der Waals surface area contributed by atoms with Gasteiger partial charge in [-0.15, -0.1) is 0 Å². The van der Waals surface area contributed by atoms with Crippen LogP contribution in [-0.4, -0.2) is 56.2 Å². The molecule has 0 spiro atoms. The van der Waals surface area contributed by atoms with E-state index in [9.17, 15) is 18.4 Å². The molecule has 2 aromatic heterocycles. The molecular weight excluding hydrogens is 444 g/mol. The Hall–Kier alpha value is -4.20. The average Bonchev–Trinajstić information content (AvgIpc) is 3.55. The van der Waals surface area contributed by atoms with Gasteiger partial charge in [0.25, 0.3) is 5.91 Å². The second kappa shape index (κ2) is 8.97. The third-order valence-corrected chi connectivity index (χ3v) is 5.83. The van der Waals surface area contributed by atoms with Gasteiger partial charge in [0.2, 0.25) is 5.91 Å². The van der Waals surface area contributed by atoms with Crippen LogP contribution in [-0.2, 0) is 11.3 Å². The van der Waals surface area contributed by atoms with Crippen LogP contribution < -0.4 is 11.1 Å². The van der Waals surface area contributed by atoms with Gasteiger partial charge >= 0.3 is 0 Å². The number of likely N-dealkylation sites (tertiary alicyclic amines) is 1. The highest BCUT2D eigenvalue weighted by atomic mass is 19.2. The molecule has 1 aliphatic rings. The Balaban J connectivity index is 1.77. The Kier molecular flexibility index (Phi) is 6.06. The van der Waals surface area contributed by atoms with Crippen LogP contribution in [0.5, 0.6) is 0 Å². The first kappa shape index (κ1) is 23.0. The number of rotatable bonds is 5. The summed E-state index contributed by atoms with van der Waals surface area (Å²) < 4.78 is 32.5. The van der Waals surface area contributed by atoms with Gasteiger partial charge in [-0.25, -0.2) is 18.4 Å². The monoisotopic (exact) mass is 467 g/mol. The predicted octanol–water partition coefficient (Wildman–Crippen LogP) is 2.03. The number of anilines is 1. The van der Waals surface area contributed by atoms with E-state index in [-0.39, 0.29) is 39.8 Å². The molecule has 0 radical (unpaired) electrons. The maximum atomic E-state index is 14.7. The zero-order chi connectivity index (χ0) is 24.6. The van der Waals surface area contributed by atoms with Crippen molar-refractivity contribution in [3.8, 4) is 11.8 Å². The molecule has 1 fully saturated rings. The second-order valence-electron chi connectivity index (χ2n) is 7.76. The SMILES string of the molecule is C=CC(=O)N1CCC(n2nc(C#Cc3cc4ncn(CC)c4c(F)c3F)c(C(N)=O)c2NC)C1. The van der Waals surface area contributed by atoms with E-state index in [4.69, 9.17) is 5.73 Å². The molecule has 0 aliphatic carbocycles. The number of carbonyl (C=O) groups is 2. The second-order valence-corrected chi connectivity index (χ2v) is 7.76. The van der Waals surface area contributed by atoms with Crippen LogP contribution in [0.15, 0.2) is 25.0 Å². The van der Waals surface area contributed by atoms with E-state index in [0.29, 0.717) is 31.9 Å². The Bertz CT molecular complexity index is 1380. The molecule has 3 aromatic rings. The largest absolute Gasteiger partial charge is 0.373 e. The fourth-order valence-electron chi connectivity index (χ4n) is 4.15. The highest BCUT2D eigenvalue weighted by molar-refractivity contribution is 6.00. The Morgan fingerprint density at radius 1 is 1.35 bits per heavy atom. The number of hydrogen-bond acceptors (Lipinski definition) is 5. The third kappa shape index (κ3) is 3.77. The smallest absolute Gasteiger partial charge is 0.255 e. The molecule has 1 atom stereocenters. The lowest BCUT2D eigenvalue weighted by Crippen LogP contribution is -2.27. The third-order valence-electron chi connectivity index (χ3n) is 5.83. The standard InChI is InChI=1S/C23H23F2N7O2/c1-4-17(33)31-9-8-14(11-31)32-23(27-3)18(22(26)34)15(29-32)7-6-13-10-16-21(20(25)19(13)24)30(5-2)12-28-16/h4,10,12,14,27H,1,5,8-9,11H2,2-3H3,(H2,26,34). The number of hydrogen-bond donors (Lipinski definition) is 2. The summed E-state index contributed by atoms with van der Waals surface area (Å²) in [5.41, 5.74) is 5.74. The lowest BCUT2D eigenvalue weighted by molar-refractivity contribution is -0.125. The first-order chi connectivity index (χ1) is 16.3. The molecule has 9 nitrogen and oxygen atoms in total. The first-order valence-corrected chi connectivity index (χ1v) is 10.7. The van der Waals surface area contributed by atoms with Crippen molar-refractivity contribution in [3.63, 3.8) is 0 Å². The normalized spacial score (nSPS) is 15.3. The van der Waals surface area contributed by atoms with E-state index >= 15 is 0 Å². The molecular formula is C23H23F2N7O2. The number of aryl methyl sites for hydroxylation is 1. The van der Waals surface area contributed by atoms with Crippen LogP contribution in [0.25, 0.3) is 11.0 Å². The summed E-state index contributed by atoms with van der Waals surface area (Å²) in [6.07, 6.45) is 3.26. The van der Waals surface area contributed by atoms with Gasteiger partial charge in [0.05, 0.1) is 23.4 Å². The minimum atomic E-state index is -1.11. The van der Waals surface area contributed by atoms with Gasteiger partial charge in [0, 0.05) is 26.7 Å². The fraction of sp³-hybridized carbons (Fsp3) is 0.304. The topological polar surface area (TPSA) is 111 Å². The zero-order valence-electron chi connectivity index (χ0n) is 18.7. The average molecular weight is 467 g/mol. The molecule has 0 bridgehead atoms. The number of nitrogens with one attached hydrogen (secondary N) is 1. The molecule has 1 saturated heterocycles. The molecule has 1 unspecified atom stereocenters. The van der Waals surface area contributed by atoms with Crippen molar-refractivity contribution in [2.75, 3.05) is 25.5 Å². The van der Waals surface area contributed by atoms with Gasteiger partial charge in [0.15, 0.2) is 17.3 Å². The maximum absolute atomic E-state index is 14.7. The van der Waals surface area contributed by atoms with Crippen molar-refractivity contribution in [2.24, 2.45) is 5.73 Å². The number of halogens is 2. The van der Waals surface area contributed by atoms with Gasteiger partial charge in [-0.2, -0.15) is 5.10 Å². The molecule has 3 N–H and O–H groups in total. The van der Waals surface area contributed by atoms with E-state index in [1.165, 1.54) is 23.0 Å². The lowest BCUT2D eigenvalue weighted by Gasteiger charge is -2.16. The molecule has 0 saturated carbocycles. The van der Waals surface area contributed by atoms with E-state index in [0.717, 1.165) is 0 Å². The summed E-state index contributed by atoms with van der Waals surface area (Å²) in [6.45, 7) is 6.59. The number of carbonyl (C=O) groups excluding carboxylic acids is 2. The molecule has 3 heterocycles. The van der Waals surface area contributed by atoms with E-state index in [1.807, 2.05) is 0 Å². The number of nitrogens with two attached hydrogens (primary N) is 1. The minimum Gasteiger partial charge on any atom is -0.373 e. The number of primary amides is 1. The van der Waals surface area contributed by atoms with Crippen molar-refractivity contribution < 1.29 is 18.4 Å². The minimum absolute atomic E-state index is 0.0179. The molecule has 1 aromatic carbocycles. The van der Waals surface area contributed by atoms with Crippen LogP contribution in [0.3, 0.4) is 0 Å². The molecule has 34 heavy (non-hydrogen) atoms. The van der Waals surface area contributed by atoms with Gasteiger partial charge in [0.1, 0.15) is 16.9 Å². The number of amides is 2. The summed E-state index contributed by atoms with van der Waals surface area (Å²) in [5.74, 6) is 2.44. The van der Waals surface area contributed by atoms with E-state index in [1.54, 1.807) is 23.6 Å². The van der Waals surface area contributed by atoms with Gasteiger partial charge < -0.3 is 20.5 Å². The van der Waals surface area contributed by atoms with Crippen molar-refractivity contribution in [3.05, 3.63) is 53.5 Å². The highest BCUT2D eigenvalue weighted by Crippen LogP contribution is 2.29. The van der Waals surface area contributed by atoms with Gasteiger partial charge in [-0.1, -0.05) is 12.5 Å². The Morgan fingerprint density at radius 3 is 2.76 bits per heavy atom. The van der Waals surface area contributed by atoms with E-state index in [2.05, 4.69) is 33.8 Å². The highest BCUT2D eigenvalue weighted by Gasteiger charge is 2.31. The fourth-order valence-corrected chi connectivity index (χ4v) is 4.15. The van der Waals surface area contributed by atoms with Crippen LogP contribution in [0.1, 0.15) is 41.0 Å². The number of benzene rings is 1. The number of fused-ring (bicyclic) bond motifs is 1. The van der Waals surface area contributed by atoms with Crippen LogP contribution >= 0.6 is 0 Å². The molecule has 1 aliphatic heterocycles. The van der Waals surface area contributed by atoms with Crippen molar-refractivity contribution in [2.45, 2.75) is 25.9 Å². The summed E-state index contributed by atoms with van der Waals surface area (Å²) in [7, 11) is 1.60. The summed E-state index contributed by atoms with van der Waals surface area (Å²) in [4.78, 5) is 29.9. The molecule has 2 amide bonds. The number of nitrogens with zero attached hydrogens (tertiary/aromatic N) is 5. The Labute approximate surface area is 194 Å². The van der Waals surface area contributed by atoms with Crippen LogP contribution in [0, 0.1) is 23.5 Å². The number of imidazole rings is 1. The molecule has 11 heteroatoms. The molecule has 4 rings (SSSR count). The van der Waals surface area contributed by atoms with Crippen molar-refractivity contribution in [1.82, 2.24) is 24.2 Å². The first-order valence-electron chi connectivity index (χ1n) is 10.7. The summed E-state index contributed by atoms with van der Waals surface area (Å²) >= 11 is 0. The van der Waals surface area contributed by atoms with Crippen LogP contribution in [0.2, 0.25) is 0 Å². The quantitative estimate of drug-likeness (QED) is 0.441. The lowest BCUT2D eigenvalue weighted by atomic mass is 10.1. The van der Waals surface area contributed by atoms with Gasteiger partial charge in [-0.05, 0) is 31.4 Å². The molecule has 176 valence electrons. The number of aromatic nitrogens is 4. The maximum Gasteiger partial charge on any atom is 0.255 e. The van der Waals surface area contributed by atoms with Crippen molar-refractivity contribution in [1.29, 1.82) is 0 Å². The van der Waals surface area contributed by atoms with Crippen molar-refractivity contribution >= 4 is 28.7 Å². The summed E-state index contributed by atoms with van der Waals surface area (Å²) in [6, 6.07) is 1.12. The zero-order valence-corrected chi connectivity index (χ0v) is 18.7. The summed E-state index contributed by atoms with van der Waals surface area (Å²) in [5, 5.41) is 7.35. The van der Waals surface area contributed by atoms with E-state index < -0.39 is 17.5 Å². The Morgan fingerprint density at radius 2 is 2.12 bits per heavy atom. The van der Waals surface area contributed by atoms with Gasteiger partial charge in [-0.3, -0.25) is 9.59 Å². The predicted molar refractivity (Wildman–Crippen MR) is 122 cm³/mol.